The van der Waals surface area contributed by atoms with Gasteiger partial charge >= 0.3 is 5.97 Å². The van der Waals surface area contributed by atoms with Gasteiger partial charge in [-0.25, -0.2) is 4.79 Å². The molecule has 1 aliphatic rings. The van der Waals surface area contributed by atoms with Crippen molar-refractivity contribution < 1.29 is 14.7 Å². The summed E-state index contributed by atoms with van der Waals surface area (Å²) in [4.78, 5) is 28.0. The molecule has 0 aliphatic heterocycles. The van der Waals surface area contributed by atoms with Gasteiger partial charge in [-0.05, 0) is 30.2 Å². The molecule has 104 valence electrons. The van der Waals surface area contributed by atoms with E-state index in [0.717, 1.165) is 5.56 Å². The molecule has 0 unspecified atom stereocenters. The lowest BCUT2D eigenvalue weighted by atomic mass is 9.97. The Morgan fingerprint density at radius 2 is 1.90 bits per heavy atom. The molecule has 0 radical (unpaired) electrons. The Labute approximate surface area is 121 Å². The first-order valence-corrected chi connectivity index (χ1v) is 6.60. The summed E-state index contributed by atoms with van der Waals surface area (Å²) in [6, 6.07) is 8.85. The molecule has 0 amide bonds. The summed E-state index contributed by atoms with van der Waals surface area (Å²) in [6.45, 7) is 1.89. The van der Waals surface area contributed by atoms with Crippen molar-refractivity contribution in [3.05, 3.63) is 70.0 Å². The van der Waals surface area contributed by atoms with E-state index in [0.29, 0.717) is 28.8 Å². The maximum atomic E-state index is 12.6. The Balaban J connectivity index is 1.98. The van der Waals surface area contributed by atoms with E-state index in [9.17, 15) is 14.7 Å². The van der Waals surface area contributed by atoms with Crippen molar-refractivity contribution in [3.63, 3.8) is 0 Å². The fourth-order valence-corrected chi connectivity index (χ4v) is 2.57. The van der Waals surface area contributed by atoms with E-state index in [2.05, 4.69) is 4.98 Å². The van der Waals surface area contributed by atoms with Crippen LogP contribution in [0.1, 0.15) is 37.5 Å². The minimum atomic E-state index is -0.994. The maximum absolute atomic E-state index is 12.6. The van der Waals surface area contributed by atoms with Crippen LogP contribution in [-0.4, -0.2) is 21.8 Å². The third kappa shape index (κ3) is 2.25. The molecule has 3 rings (SSSR count). The standard InChI is InChI=1S/C17H13NO3/c1-10-4-2-3-5-12(10)16(19)11-8-14-13(17(20)21)6-7-18-15(14)9-11/h2-7,9H,8H2,1H3,(H,20,21). The molecule has 0 saturated heterocycles. The van der Waals surface area contributed by atoms with Crippen molar-refractivity contribution in [3.8, 4) is 0 Å². The molecule has 0 saturated carbocycles. The number of rotatable bonds is 3. The predicted octanol–water partition coefficient (Wildman–Crippen LogP) is 2.91. The third-order valence-electron chi connectivity index (χ3n) is 3.68. The number of hydrogen-bond acceptors (Lipinski definition) is 3. The molecule has 21 heavy (non-hydrogen) atoms. The van der Waals surface area contributed by atoms with Gasteiger partial charge in [0, 0.05) is 23.8 Å². The normalized spacial score (nSPS) is 12.7. The summed E-state index contributed by atoms with van der Waals surface area (Å²) in [5.41, 5.74) is 3.54. The van der Waals surface area contributed by atoms with Gasteiger partial charge in [-0.2, -0.15) is 0 Å². The fourth-order valence-electron chi connectivity index (χ4n) is 2.57. The highest BCUT2D eigenvalue weighted by atomic mass is 16.4. The molecule has 2 aromatic rings. The van der Waals surface area contributed by atoms with Crippen LogP contribution in [0.4, 0.5) is 0 Å². The Morgan fingerprint density at radius 1 is 1.14 bits per heavy atom. The lowest BCUT2D eigenvalue weighted by Gasteiger charge is -2.06. The zero-order chi connectivity index (χ0) is 15.0. The predicted molar refractivity (Wildman–Crippen MR) is 78.4 cm³/mol. The summed E-state index contributed by atoms with van der Waals surface area (Å²) in [6.07, 6.45) is 3.47. The molecule has 1 heterocycles. The van der Waals surface area contributed by atoms with Crippen LogP contribution >= 0.6 is 0 Å². The maximum Gasteiger partial charge on any atom is 0.336 e. The third-order valence-corrected chi connectivity index (χ3v) is 3.68. The molecule has 4 nitrogen and oxygen atoms in total. The number of carbonyl (C=O) groups is 2. The zero-order valence-electron chi connectivity index (χ0n) is 11.5. The lowest BCUT2D eigenvalue weighted by molar-refractivity contribution is 0.0695. The van der Waals surface area contributed by atoms with E-state index in [1.807, 2.05) is 25.1 Å². The summed E-state index contributed by atoms with van der Waals surface area (Å²) >= 11 is 0. The number of Topliss-reactive ketones (excluding diaryl/α,β-unsaturated/α-hetero) is 1. The van der Waals surface area contributed by atoms with Crippen molar-refractivity contribution in [2.24, 2.45) is 0 Å². The molecule has 0 spiro atoms. The molecule has 0 fully saturated rings. The highest BCUT2D eigenvalue weighted by Crippen LogP contribution is 2.29. The van der Waals surface area contributed by atoms with Gasteiger partial charge in [-0.15, -0.1) is 0 Å². The Morgan fingerprint density at radius 3 is 2.62 bits per heavy atom. The summed E-state index contributed by atoms with van der Waals surface area (Å²) in [5, 5.41) is 9.20. The van der Waals surface area contributed by atoms with E-state index >= 15 is 0 Å². The van der Waals surface area contributed by atoms with Gasteiger partial charge in [0.05, 0.1) is 11.3 Å². The van der Waals surface area contributed by atoms with Gasteiger partial charge in [0.25, 0.3) is 0 Å². The van der Waals surface area contributed by atoms with Crippen molar-refractivity contribution in [2.75, 3.05) is 0 Å². The monoisotopic (exact) mass is 279 g/mol. The smallest absolute Gasteiger partial charge is 0.336 e. The first-order chi connectivity index (χ1) is 10.1. The van der Waals surface area contributed by atoms with Crippen LogP contribution in [0.3, 0.4) is 0 Å². The van der Waals surface area contributed by atoms with E-state index in [-0.39, 0.29) is 11.3 Å². The number of pyridine rings is 1. The Bertz CT molecular complexity index is 790. The van der Waals surface area contributed by atoms with Crippen molar-refractivity contribution >= 4 is 17.8 Å². The number of benzene rings is 1. The van der Waals surface area contributed by atoms with Gasteiger partial charge < -0.3 is 5.11 Å². The zero-order valence-corrected chi connectivity index (χ0v) is 11.5. The molecule has 0 atom stereocenters. The van der Waals surface area contributed by atoms with Gasteiger partial charge in [-0.1, -0.05) is 24.3 Å². The van der Waals surface area contributed by atoms with Gasteiger partial charge in [0.1, 0.15) is 0 Å². The molecule has 0 bridgehead atoms. The summed E-state index contributed by atoms with van der Waals surface area (Å²) < 4.78 is 0. The van der Waals surface area contributed by atoms with Gasteiger partial charge in [0.2, 0.25) is 0 Å². The number of aromatic nitrogens is 1. The number of hydrogen-bond donors (Lipinski definition) is 1. The van der Waals surface area contributed by atoms with Crippen LogP contribution < -0.4 is 0 Å². The number of carbonyl (C=O) groups excluding carboxylic acids is 1. The van der Waals surface area contributed by atoms with E-state index in [1.165, 1.54) is 12.3 Å². The van der Waals surface area contributed by atoms with Gasteiger partial charge in [-0.3, -0.25) is 9.78 Å². The second-order valence-electron chi connectivity index (χ2n) is 5.02. The van der Waals surface area contributed by atoms with Gasteiger partial charge in [0.15, 0.2) is 5.78 Å². The highest BCUT2D eigenvalue weighted by molar-refractivity contribution is 6.13. The second kappa shape index (κ2) is 4.98. The number of nitrogens with zero attached hydrogens (tertiary/aromatic N) is 1. The number of aryl methyl sites for hydroxylation is 1. The molecule has 4 heteroatoms. The molecular formula is C17H13NO3. The first-order valence-electron chi connectivity index (χ1n) is 6.60. The number of carboxylic acids is 1. The molecule has 1 aliphatic carbocycles. The van der Waals surface area contributed by atoms with Crippen LogP contribution in [0, 0.1) is 6.92 Å². The van der Waals surface area contributed by atoms with Crippen LogP contribution in [0.25, 0.3) is 6.08 Å². The fraction of sp³-hybridized carbons (Fsp3) is 0.118. The highest BCUT2D eigenvalue weighted by Gasteiger charge is 2.25. The van der Waals surface area contributed by atoms with Crippen molar-refractivity contribution in [1.82, 2.24) is 4.98 Å². The minimum Gasteiger partial charge on any atom is -0.478 e. The minimum absolute atomic E-state index is 0.0672. The number of ketones is 1. The molecule has 1 aromatic carbocycles. The topological polar surface area (TPSA) is 67.3 Å². The Hall–Kier alpha value is -2.75. The average molecular weight is 279 g/mol. The second-order valence-corrected chi connectivity index (χ2v) is 5.02. The average Bonchev–Trinajstić information content (AvgIpc) is 2.90. The number of allylic oxidation sites excluding steroid dienone is 1. The largest absolute Gasteiger partial charge is 0.478 e. The molecule has 1 aromatic heterocycles. The number of carboxylic acid groups (broad SMARTS) is 1. The van der Waals surface area contributed by atoms with E-state index < -0.39 is 5.97 Å². The lowest BCUT2D eigenvalue weighted by Crippen LogP contribution is -2.07. The SMILES string of the molecule is Cc1ccccc1C(=O)C1=Cc2nccc(C(=O)O)c2C1. The quantitative estimate of drug-likeness (QED) is 0.877. The first kappa shape index (κ1) is 13.2. The van der Waals surface area contributed by atoms with E-state index in [1.54, 1.807) is 12.1 Å². The van der Waals surface area contributed by atoms with Crippen LogP contribution in [-0.2, 0) is 6.42 Å². The molecular weight excluding hydrogens is 266 g/mol. The Kier molecular flexibility index (Phi) is 3.14. The summed E-state index contributed by atoms with van der Waals surface area (Å²) in [7, 11) is 0. The van der Waals surface area contributed by atoms with Crippen LogP contribution in [0.5, 0.6) is 0 Å². The van der Waals surface area contributed by atoms with E-state index in [4.69, 9.17) is 0 Å². The van der Waals surface area contributed by atoms with Crippen molar-refractivity contribution in [1.29, 1.82) is 0 Å². The number of fused-ring (bicyclic) bond motifs is 1. The summed E-state index contributed by atoms with van der Waals surface area (Å²) in [5.74, 6) is -1.06. The number of aromatic carboxylic acids is 1. The van der Waals surface area contributed by atoms with Crippen molar-refractivity contribution in [2.45, 2.75) is 13.3 Å². The van der Waals surface area contributed by atoms with Crippen LogP contribution in [0.2, 0.25) is 0 Å². The molecule has 1 N–H and O–H groups in total. The van der Waals surface area contributed by atoms with Crippen LogP contribution in [0.15, 0.2) is 42.1 Å².